The number of carbonyl (C=O) groups excluding carboxylic acids is 1. The number of hydrogen-bond acceptors (Lipinski definition) is 3. The molecule has 0 unspecified atom stereocenters. The van der Waals surface area contributed by atoms with Crippen molar-refractivity contribution in [2.24, 2.45) is 11.7 Å². The lowest BCUT2D eigenvalue weighted by Gasteiger charge is -2.14. The van der Waals surface area contributed by atoms with Crippen molar-refractivity contribution in [2.75, 3.05) is 13.2 Å². The summed E-state index contributed by atoms with van der Waals surface area (Å²) in [5.41, 5.74) is 7.14. The van der Waals surface area contributed by atoms with Crippen LogP contribution >= 0.6 is 12.4 Å². The van der Waals surface area contributed by atoms with Gasteiger partial charge in [-0.15, -0.1) is 12.4 Å². The van der Waals surface area contributed by atoms with Crippen molar-refractivity contribution in [1.82, 2.24) is 5.32 Å². The predicted octanol–water partition coefficient (Wildman–Crippen LogP) is 2.43. The third-order valence-corrected chi connectivity index (χ3v) is 3.85. The molecule has 118 valence electrons. The van der Waals surface area contributed by atoms with Crippen LogP contribution in [0.4, 0.5) is 0 Å². The number of carbonyl (C=O) groups is 1. The fourth-order valence-corrected chi connectivity index (χ4v) is 2.69. The second-order valence-electron chi connectivity index (χ2n) is 5.57. The summed E-state index contributed by atoms with van der Waals surface area (Å²) in [7, 11) is 0. The summed E-state index contributed by atoms with van der Waals surface area (Å²) >= 11 is 0. The fourth-order valence-electron chi connectivity index (χ4n) is 2.69. The van der Waals surface area contributed by atoms with E-state index in [0.29, 0.717) is 25.5 Å². The normalized spacial score (nSPS) is 20.7. The zero-order valence-electron chi connectivity index (χ0n) is 12.5. The van der Waals surface area contributed by atoms with Gasteiger partial charge >= 0.3 is 0 Å². The average Bonchev–Trinajstić information content (AvgIpc) is 2.80. The summed E-state index contributed by atoms with van der Waals surface area (Å²) in [4.78, 5) is 11.8. The maximum absolute atomic E-state index is 11.8. The van der Waals surface area contributed by atoms with E-state index in [1.807, 2.05) is 31.2 Å². The molecule has 1 aliphatic carbocycles. The van der Waals surface area contributed by atoms with Crippen molar-refractivity contribution in [3.63, 3.8) is 0 Å². The lowest BCUT2D eigenvalue weighted by atomic mass is 10.00. The zero-order chi connectivity index (χ0) is 14.4. The number of aryl methyl sites for hydroxylation is 1. The van der Waals surface area contributed by atoms with E-state index >= 15 is 0 Å². The Labute approximate surface area is 132 Å². The van der Waals surface area contributed by atoms with Gasteiger partial charge in [-0.3, -0.25) is 4.79 Å². The highest BCUT2D eigenvalue weighted by Crippen LogP contribution is 2.26. The minimum atomic E-state index is 0. The standard InChI is InChI=1S/C16H24N2O2.ClH/c1-12-4-2-6-14(10-12)20-9-8-18-16(19)11-13-5-3-7-15(13)17;/h2,4,6,10,13,15H,3,5,7-9,11,17H2,1H3,(H,18,19);1H/t13-,15+;/m0./s1. The average molecular weight is 313 g/mol. The number of rotatable bonds is 6. The third kappa shape index (κ3) is 5.94. The smallest absolute Gasteiger partial charge is 0.220 e. The van der Waals surface area contributed by atoms with E-state index in [9.17, 15) is 4.79 Å². The van der Waals surface area contributed by atoms with E-state index in [2.05, 4.69) is 5.32 Å². The van der Waals surface area contributed by atoms with E-state index in [0.717, 1.165) is 25.0 Å². The Morgan fingerprint density at radius 1 is 1.43 bits per heavy atom. The lowest BCUT2D eigenvalue weighted by Crippen LogP contribution is -2.33. The number of halogens is 1. The van der Waals surface area contributed by atoms with Crippen molar-refractivity contribution < 1.29 is 9.53 Å². The topological polar surface area (TPSA) is 64.3 Å². The van der Waals surface area contributed by atoms with Crippen LogP contribution < -0.4 is 15.8 Å². The highest BCUT2D eigenvalue weighted by Gasteiger charge is 2.25. The first-order valence-electron chi connectivity index (χ1n) is 7.37. The molecule has 2 atom stereocenters. The molecule has 4 nitrogen and oxygen atoms in total. The summed E-state index contributed by atoms with van der Waals surface area (Å²) in [6, 6.07) is 8.10. The molecule has 0 bridgehead atoms. The molecule has 1 saturated carbocycles. The van der Waals surface area contributed by atoms with Gasteiger partial charge in [0.2, 0.25) is 5.91 Å². The molecule has 0 saturated heterocycles. The summed E-state index contributed by atoms with van der Waals surface area (Å²) in [6.07, 6.45) is 3.82. The number of benzene rings is 1. The molecule has 1 aromatic carbocycles. The maximum Gasteiger partial charge on any atom is 0.220 e. The Kier molecular flexibility index (Phi) is 7.54. The Hall–Kier alpha value is -1.26. The largest absolute Gasteiger partial charge is 0.492 e. The summed E-state index contributed by atoms with van der Waals surface area (Å²) < 4.78 is 5.59. The molecule has 0 aromatic heterocycles. The van der Waals surface area contributed by atoms with Crippen molar-refractivity contribution >= 4 is 18.3 Å². The molecule has 0 radical (unpaired) electrons. The number of nitrogens with two attached hydrogens (primary N) is 1. The van der Waals surface area contributed by atoms with Gasteiger partial charge in [0, 0.05) is 12.5 Å². The number of ether oxygens (including phenoxy) is 1. The molecule has 0 aliphatic heterocycles. The van der Waals surface area contributed by atoms with Crippen LogP contribution in [-0.2, 0) is 4.79 Å². The maximum atomic E-state index is 11.8. The number of hydrogen-bond donors (Lipinski definition) is 2. The zero-order valence-corrected chi connectivity index (χ0v) is 13.3. The molecule has 1 amide bonds. The summed E-state index contributed by atoms with van der Waals surface area (Å²) in [5.74, 6) is 1.28. The van der Waals surface area contributed by atoms with Crippen molar-refractivity contribution in [3.8, 4) is 5.75 Å². The summed E-state index contributed by atoms with van der Waals surface area (Å²) in [5, 5.41) is 2.90. The Morgan fingerprint density at radius 3 is 2.90 bits per heavy atom. The van der Waals surface area contributed by atoms with Gasteiger partial charge in [0.25, 0.3) is 0 Å². The minimum absolute atomic E-state index is 0. The molecular weight excluding hydrogens is 288 g/mol. The van der Waals surface area contributed by atoms with Crippen LogP contribution in [0.2, 0.25) is 0 Å². The number of amides is 1. The molecule has 0 heterocycles. The van der Waals surface area contributed by atoms with E-state index in [1.165, 1.54) is 5.56 Å². The molecule has 21 heavy (non-hydrogen) atoms. The van der Waals surface area contributed by atoms with Gasteiger partial charge < -0.3 is 15.8 Å². The van der Waals surface area contributed by atoms with Crippen LogP contribution in [-0.4, -0.2) is 25.1 Å². The van der Waals surface area contributed by atoms with Crippen molar-refractivity contribution in [2.45, 2.75) is 38.6 Å². The van der Waals surface area contributed by atoms with E-state index in [1.54, 1.807) is 0 Å². The predicted molar refractivity (Wildman–Crippen MR) is 86.9 cm³/mol. The third-order valence-electron chi connectivity index (χ3n) is 3.85. The highest BCUT2D eigenvalue weighted by atomic mass is 35.5. The SMILES string of the molecule is Cc1cccc(OCCNC(=O)C[C@@H]2CCC[C@H]2N)c1.Cl. The van der Waals surface area contributed by atoms with Crippen LogP contribution in [0.15, 0.2) is 24.3 Å². The van der Waals surface area contributed by atoms with Crippen LogP contribution in [0, 0.1) is 12.8 Å². The Balaban J connectivity index is 0.00000220. The molecule has 3 N–H and O–H groups in total. The van der Waals surface area contributed by atoms with Crippen LogP contribution in [0.5, 0.6) is 5.75 Å². The van der Waals surface area contributed by atoms with E-state index in [-0.39, 0.29) is 24.4 Å². The second kappa shape index (κ2) is 8.90. The van der Waals surface area contributed by atoms with Gasteiger partial charge in [0.05, 0.1) is 6.54 Å². The molecule has 1 fully saturated rings. The van der Waals surface area contributed by atoms with E-state index < -0.39 is 0 Å². The quantitative estimate of drug-likeness (QED) is 0.793. The Morgan fingerprint density at radius 2 is 2.24 bits per heavy atom. The number of nitrogens with one attached hydrogen (secondary N) is 1. The molecule has 0 spiro atoms. The van der Waals surface area contributed by atoms with Gasteiger partial charge in [0.15, 0.2) is 0 Å². The van der Waals surface area contributed by atoms with Gasteiger partial charge in [0.1, 0.15) is 12.4 Å². The van der Waals surface area contributed by atoms with Gasteiger partial charge in [-0.25, -0.2) is 0 Å². The molecule has 5 heteroatoms. The second-order valence-corrected chi connectivity index (χ2v) is 5.57. The first-order chi connectivity index (χ1) is 9.65. The molecule has 1 aromatic rings. The van der Waals surface area contributed by atoms with Gasteiger partial charge in [-0.05, 0) is 43.4 Å². The molecular formula is C16H25ClN2O2. The first kappa shape index (κ1) is 17.8. The fraction of sp³-hybridized carbons (Fsp3) is 0.562. The highest BCUT2D eigenvalue weighted by molar-refractivity contribution is 5.85. The Bertz CT molecular complexity index is 454. The minimum Gasteiger partial charge on any atom is -0.492 e. The van der Waals surface area contributed by atoms with Crippen LogP contribution in [0.1, 0.15) is 31.2 Å². The first-order valence-corrected chi connectivity index (χ1v) is 7.37. The van der Waals surface area contributed by atoms with E-state index in [4.69, 9.17) is 10.5 Å². The van der Waals surface area contributed by atoms with Crippen molar-refractivity contribution in [3.05, 3.63) is 29.8 Å². The lowest BCUT2D eigenvalue weighted by molar-refractivity contribution is -0.122. The molecule has 2 rings (SSSR count). The summed E-state index contributed by atoms with van der Waals surface area (Å²) in [6.45, 7) is 3.06. The van der Waals surface area contributed by atoms with Gasteiger partial charge in [-0.1, -0.05) is 18.6 Å². The van der Waals surface area contributed by atoms with Crippen LogP contribution in [0.3, 0.4) is 0 Å². The van der Waals surface area contributed by atoms with Crippen molar-refractivity contribution in [1.29, 1.82) is 0 Å². The molecule has 1 aliphatic rings. The van der Waals surface area contributed by atoms with Gasteiger partial charge in [-0.2, -0.15) is 0 Å². The van der Waals surface area contributed by atoms with Crippen LogP contribution in [0.25, 0.3) is 0 Å². The monoisotopic (exact) mass is 312 g/mol.